The van der Waals surface area contributed by atoms with E-state index in [2.05, 4.69) is 5.32 Å². The van der Waals surface area contributed by atoms with Gasteiger partial charge in [0.2, 0.25) is 0 Å². The molecule has 0 bridgehead atoms. The second-order valence-electron chi connectivity index (χ2n) is 3.72. The predicted octanol–water partition coefficient (Wildman–Crippen LogP) is -0.214. The van der Waals surface area contributed by atoms with Crippen molar-refractivity contribution in [2.45, 2.75) is 5.54 Å². The lowest BCUT2D eigenvalue weighted by molar-refractivity contribution is 0.0375. The Morgan fingerprint density at radius 2 is 1.82 bits per heavy atom. The molecule has 0 heterocycles. The zero-order valence-electron chi connectivity index (χ0n) is 9.06. The van der Waals surface area contributed by atoms with Crippen molar-refractivity contribution in [3.63, 3.8) is 0 Å². The molecule has 0 aliphatic rings. The Bertz CT molecular complexity index is 385. The number of aliphatic hydroxyl groups excluding tert-OH is 3. The third kappa shape index (κ3) is 3.41. The molecule has 6 heteroatoms. The topological polar surface area (TPSA) is 89.8 Å². The van der Waals surface area contributed by atoms with Gasteiger partial charge in [-0.05, 0) is 18.2 Å². The lowest BCUT2D eigenvalue weighted by Crippen LogP contribution is -2.57. The summed E-state index contributed by atoms with van der Waals surface area (Å²) in [5, 5.41) is 30.0. The highest BCUT2D eigenvalue weighted by Crippen LogP contribution is 2.12. The predicted molar refractivity (Wildman–Crippen MR) is 62.9 cm³/mol. The van der Waals surface area contributed by atoms with Gasteiger partial charge in [0.15, 0.2) is 0 Å². The van der Waals surface area contributed by atoms with Crippen molar-refractivity contribution in [2.24, 2.45) is 0 Å². The molecule has 1 rings (SSSR count). The number of hydrogen-bond donors (Lipinski definition) is 4. The lowest BCUT2D eigenvalue weighted by Gasteiger charge is -2.28. The molecule has 94 valence electrons. The van der Waals surface area contributed by atoms with Gasteiger partial charge < -0.3 is 20.6 Å². The number of rotatable bonds is 5. The molecule has 0 fully saturated rings. The van der Waals surface area contributed by atoms with Gasteiger partial charge in [-0.3, -0.25) is 4.79 Å². The molecule has 4 N–H and O–H groups in total. The summed E-state index contributed by atoms with van der Waals surface area (Å²) in [6.45, 7) is -1.69. The first-order valence-corrected chi connectivity index (χ1v) is 5.35. The lowest BCUT2D eigenvalue weighted by atomic mass is 10.0. The van der Waals surface area contributed by atoms with Gasteiger partial charge >= 0.3 is 0 Å². The molecular weight excluding hydrogens is 246 g/mol. The van der Waals surface area contributed by atoms with Gasteiger partial charge in [-0.2, -0.15) is 0 Å². The Morgan fingerprint density at radius 3 is 2.29 bits per heavy atom. The van der Waals surface area contributed by atoms with Gasteiger partial charge in [0, 0.05) is 10.6 Å². The normalized spacial score (nSPS) is 11.3. The monoisotopic (exact) mass is 259 g/mol. The zero-order chi connectivity index (χ0) is 12.9. The van der Waals surface area contributed by atoms with E-state index in [0.717, 1.165) is 0 Å². The minimum Gasteiger partial charge on any atom is -0.394 e. The van der Waals surface area contributed by atoms with Gasteiger partial charge in [0.25, 0.3) is 5.91 Å². The minimum absolute atomic E-state index is 0.289. The van der Waals surface area contributed by atoms with Gasteiger partial charge in [-0.25, -0.2) is 0 Å². The number of carbonyl (C=O) groups is 1. The Kier molecular flexibility index (Phi) is 4.89. The standard InChI is InChI=1S/C11H14ClNO4/c12-9-3-1-2-8(4-9)10(17)13-11(5-14,6-15)7-16/h1-4,14-16H,5-7H2,(H,13,17). The summed E-state index contributed by atoms with van der Waals surface area (Å²) >= 11 is 5.73. The summed E-state index contributed by atoms with van der Waals surface area (Å²) in [6, 6.07) is 6.22. The molecule has 0 aliphatic carbocycles. The summed E-state index contributed by atoms with van der Waals surface area (Å²) in [7, 11) is 0. The molecule has 0 aliphatic heterocycles. The van der Waals surface area contributed by atoms with Gasteiger partial charge in [-0.1, -0.05) is 17.7 Å². The maximum absolute atomic E-state index is 11.8. The van der Waals surface area contributed by atoms with E-state index in [1.807, 2.05) is 0 Å². The molecule has 0 radical (unpaired) electrons. The summed E-state index contributed by atoms with van der Waals surface area (Å²) < 4.78 is 0. The highest BCUT2D eigenvalue weighted by molar-refractivity contribution is 6.30. The summed E-state index contributed by atoms with van der Waals surface area (Å²) in [5.41, 5.74) is -1.14. The largest absolute Gasteiger partial charge is 0.394 e. The SMILES string of the molecule is O=C(NC(CO)(CO)CO)c1cccc(Cl)c1. The second kappa shape index (κ2) is 5.97. The van der Waals surface area contributed by atoms with Crippen molar-refractivity contribution >= 4 is 17.5 Å². The van der Waals surface area contributed by atoms with Crippen molar-refractivity contribution in [3.8, 4) is 0 Å². The smallest absolute Gasteiger partial charge is 0.251 e. The molecule has 1 aromatic rings. The highest BCUT2D eigenvalue weighted by atomic mass is 35.5. The average molecular weight is 260 g/mol. The number of aliphatic hydroxyl groups is 3. The van der Waals surface area contributed by atoms with E-state index < -0.39 is 31.3 Å². The maximum atomic E-state index is 11.8. The van der Waals surface area contributed by atoms with E-state index in [9.17, 15) is 4.79 Å². The Labute approximate surface area is 104 Å². The maximum Gasteiger partial charge on any atom is 0.251 e. The summed E-state index contributed by atoms with van der Waals surface area (Å²) in [5.74, 6) is -0.523. The molecule has 0 aromatic heterocycles. The molecule has 5 nitrogen and oxygen atoms in total. The molecule has 0 spiro atoms. The van der Waals surface area contributed by atoms with Crippen LogP contribution in [0.4, 0.5) is 0 Å². The first-order valence-electron chi connectivity index (χ1n) is 4.97. The number of halogens is 1. The van der Waals surface area contributed by atoms with Crippen LogP contribution in [0.5, 0.6) is 0 Å². The average Bonchev–Trinajstić information content (AvgIpc) is 2.36. The van der Waals surface area contributed by atoms with E-state index in [1.165, 1.54) is 12.1 Å². The molecule has 0 unspecified atom stereocenters. The third-order valence-corrected chi connectivity index (χ3v) is 2.61. The number of hydrogen-bond acceptors (Lipinski definition) is 4. The summed E-state index contributed by atoms with van der Waals surface area (Å²) in [4.78, 5) is 11.8. The van der Waals surface area contributed by atoms with Crippen LogP contribution < -0.4 is 5.32 Å². The fraction of sp³-hybridized carbons (Fsp3) is 0.364. The Hall–Kier alpha value is -1.14. The second-order valence-corrected chi connectivity index (χ2v) is 4.16. The fourth-order valence-corrected chi connectivity index (χ4v) is 1.40. The van der Waals surface area contributed by atoms with Crippen LogP contribution in [-0.4, -0.2) is 46.6 Å². The van der Waals surface area contributed by atoms with Crippen molar-refractivity contribution in [1.82, 2.24) is 5.32 Å². The molecule has 1 amide bonds. The minimum atomic E-state index is -1.43. The number of carbonyl (C=O) groups excluding carboxylic acids is 1. The van der Waals surface area contributed by atoms with Crippen LogP contribution in [0.2, 0.25) is 5.02 Å². The van der Waals surface area contributed by atoms with Crippen LogP contribution >= 0.6 is 11.6 Å². The van der Waals surface area contributed by atoms with Crippen molar-refractivity contribution in [1.29, 1.82) is 0 Å². The third-order valence-electron chi connectivity index (χ3n) is 2.37. The summed E-state index contributed by atoms with van der Waals surface area (Å²) in [6.07, 6.45) is 0. The van der Waals surface area contributed by atoms with Crippen LogP contribution in [0, 0.1) is 0 Å². The van der Waals surface area contributed by atoms with E-state index in [-0.39, 0.29) is 5.56 Å². The van der Waals surface area contributed by atoms with Crippen LogP contribution in [0.25, 0.3) is 0 Å². The number of nitrogens with one attached hydrogen (secondary N) is 1. The highest BCUT2D eigenvalue weighted by Gasteiger charge is 2.30. The molecule has 0 saturated heterocycles. The van der Waals surface area contributed by atoms with E-state index >= 15 is 0 Å². The van der Waals surface area contributed by atoms with Gasteiger partial charge in [0.05, 0.1) is 19.8 Å². The Balaban J connectivity index is 2.84. The number of benzene rings is 1. The zero-order valence-corrected chi connectivity index (χ0v) is 9.81. The Morgan fingerprint density at radius 1 is 1.24 bits per heavy atom. The molecule has 0 atom stereocenters. The van der Waals surface area contributed by atoms with E-state index in [1.54, 1.807) is 12.1 Å². The van der Waals surface area contributed by atoms with Crippen LogP contribution in [0.1, 0.15) is 10.4 Å². The number of amides is 1. The van der Waals surface area contributed by atoms with Gasteiger partial charge in [-0.15, -0.1) is 0 Å². The fourth-order valence-electron chi connectivity index (χ4n) is 1.21. The van der Waals surface area contributed by atoms with Crippen molar-refractivity contribution < 1.29 is 20.1 Å². The molecule has 0 saturated carbocycles. The molecule has 1 aromatic carbocycles. The quantitative estimate of drug-likeness (QED) is 0.589. The first kappa shape index (κ1) is 13.9. The van der Waals surface area contributed by atoms with Crippen LogP contribution in [0.15, 0.2) is 24.3 Å². The van der Waals surface area contributed by atoms with Crippen molar-refractivity contribution in [2.75, 3.05) is 19.8 Å². The van der Waals surface area contributed by atoms with E-state index in [4.69, 9.17) is 26.9 Å². The molecule has 17 heavy (non-hydrogen) atoms. The molecular formula is C11H14ClNO4. The van der Waals surface area contributed by atoms with Crippen LogP contribution in [-0.2, 0) is 0 Å². The van der Waals surface area contributed by atoms with Crippen LogP contribution in [0.3, 0.4) is 0 Å². The first-order chi connectivity index (χ1) is 8.06. The van der Waals surface area contributed by atoms with Gasteiger partial charge in [0.1, 0.15) is 5.54 Å². The van der Waals surface area contributed by atoms with E-state index in [0.29, 0.717) is 5.02 Å². The van der Waals surface area contributed by atoms with Crippen molar-refractivity contribution in [3.05, 3.63) is 34.9 Å².